The summed E-state index contributed by atoms with van der Waals surface area (Å²) in [5.41, 5.74) is 15.6. The number of hydrogen-bond donors (Lipinski definition) is 0. The summed E-state index contributed by atoms with van der Waals surface area (Å²) in [5, 5.41) is 7.18. The highest BCUT2D eigenvalue weighted by atomic mass is 16.3. The lowest BCUT2D eigenvalue weighted by atomic mass is 9.98. The molecular formula is C58H38N2O. The first-order chi connectivity index (χ1) is 30.3. The van der Waals surface area contributed by atoms with Gasteiger partial charge in [-0.2, -0.15) is 0 Å². The molecule has 2 aromatic heterocycles. The smallest absolute Gasteiger partial charge is 0.143 e. The Morgan fingerprint density at radius 3 is 1.70 bits per heavy atom. The third-order valence-electron chi connectivity index (χ3n) is 12.2. The molecule has 12 aromatic rings. The van der Waals surface area contributed by atoms with Crippen molar-refractivity contribution in [2.24, 2.45) is 0 Å². The highest BCUT2D eigenvalue weighted by molar-refractivity contribution is 6.11. The van der Waals surface area contributed by atoms with E-state index in [0.717, 1.165) is 61.3 Å². The van der Waals surface area contributed by atoms with Gasteiger partial charge >= 0.3 is 0 Å². The summed E-state index contributed by atoms with van der Waals surface area (Å²) in [5.74, 6) is 0. The zero-order valence-corrected chi connectivity index (χ0v) is 33.2. The molecule has 0 radical (unpaired) electrons. The monoisotopic (exact) mass is 778 g/mol. The standard InChI is InChI=1S/C58H38N2O/c1-2-18-46-40(14-1)15-12-28-53(46)59(44-36-34-42(35-37-44)48-23-13-24-52-51-22-6-10-29-57(51)61-58(48)52)45-17-11-16-43(38-45)39-30-32-41(33-31-39)47-19-3-7-25-54(47)60-55-26-8-4-20-49(55)50-21-5-9-27-56(50)60/h1-38H. The van der Waals surface area contributed by atoms with Crippen LogP contribution in [0, 0.1) is 0 Å². The first kappa shape index (κ1) is 34.9. The van der Waals surface area contributed by atoms with E-state index in [0.29, 0.717) is 0 Å². The molecule has 0 spiro atoms. The zero-order valence-electron chi connectivity index (χ0n) is 33.2. The second-order valence-corrected chi connectivity index (χ2v) is 15.7. The van der Waals surface area contributed by atoms with E-state index in [9.17, 15) is 0 Å². The summed E-state index contributed by atoms with van der Waals surface area (Å²) < 4.78 is 8.84. The molecule has 0 N–H and O–H groups in total. The molecule has 286 valence electrons. The molecule has 0 aliphatic carbocycles. The first-order valence-electron chi connectivity index (χ1n) is 20.8. The Labute approximate surface area is 353 Å². The van der Waals surface area contributed by atoms with Crippen LogP contribution in [-0.4, -0.2) is 4.57 Å². The summed E-state index contributed by atoms with van der Waals surface area (Å²) >= 11 is 0. The van der Waals surface area contributed by atoms with E-state index in [1.54, 1.807) is 0 Å². The number of hydrogen-bond acceptors (Lipinski definition) is 2. The molecule has 0 atom stereocenters. The van der Waals surface area contributed by atoms with Crippen LogP contribution in [0.5, 0.6) is 0 Å². The van der Waals surface area contributed by atoms with E-state index in [-0.39, 0.29) is 0 Å². The largest absolute Gasteiger partial charge is 0.455 e. The van der Waals surface area contributed by atoms with Crippen molar-refractivity contribution in [1.82, 2.24) is 4.57 Å². The molecular weight excluding hydrogens is 741 g/mol. The van der Waals surface area contributed by atoms with E-state index in [1.807, 2.05) is 12.1 Å². The Bertz CT molecular complexity index is 3530. The number of furan rings is 1. The molecule has 3 heteroatoms. The summed E-state index contributed by atoms with van der Waals surface area (Å²) in [7, 11) is 0. The SMILES string of the molecule is c1cc(-c2ccc(-c3ccccc3-n3c4ccccc4c4ccccc43)cc2)cc(N(c2ccc(-c3cccc4c3oc3ccccc34)cc2)c2cccc3ccccc23)c1. The van der Waals surface area contributed by atoms with Gasteiger partial charge in [0.15, 0.2) is 0 Å². The van der Waals surface area contributed by atoms with Gasteiger partial charge in [-0.1, -0.05) is 176 Å². The molecule has 12 rings (SSSR count). The fraction of sp³-hybridized carbons (Fsp3) is 0. The first-order valence-corrected chi connectivity index (χ1v) is 20.8. The number of rotatable bonds is 7. The Hall–Kier alpha value is -8.14. The van der Waals surface area contributed by atoms with Crippen molar-refractivity contribution in [3.63, 3.8) is 0 Å². The van der Waals surface area contributed by atoms with E-state index in [2.05, 4.69) is 228 Å². The quantitative estimate of drug-likeness (QED) is 0.161. The summed E-state index contributed by atoms with van der Waals surface area (Å²) in [6, 6.07) is 82.9. The highest BCUT2D eigenvalue weighted by Crippen LogP contribution is 2.43. The third kappa shape index (κ3) is 5.82. The van der Waals surface area contributed by atoms with Crippen LogP contribution in [0.3, 0.4) is 0 Å². The molecule has 0 fully saturated rings. The fourth-order valence-corrected chi connectivity index (χ4v) is 9.36. The van der Waals surface area contributed by atoms with Crippen LogP contribution in [0.2, 0.25) is 0 Å². The average molecular weight is 779 g/mol. The second kappa shape index (κ2) is 14.3. The van der Waals surface area contributed by atoms with Crippen LogP contribution in [-0.2, 0) is 0 Å². The molecule has 2 heterocycles. The van der Waals surface area contributed by atoms with Crippen LogP contribution in [0.25, 0.3) is 93.6 Å². The molecule has 3 nitrogen and oxygen atoms in total. The molecule has 0 saturated heterocycles. The Balaban J connectivity index is 0.935. The molecule has 0 aliphatic rings. The molecule has 10 aromatic carbocycles. The molecule has 0 unspecified atom stereocenters. The molecule has 61 heavy (non-hydrogen) atoms. The molecule has 0 aliphatic heterocycles. The third-order valence-corrected chi connectivity index (χ3v) is 12.2. The van der Waals surface area contributed by atoms with E-state index < -0.39 is 0 Å². The van der Waals surface area contributed by atoms with Crippen molar-refractivity contribution < 1.29 is 4.42 Å². The van der Waals surface area contributed by atoms with Crippen LogP contribution in [0.15, 0.2) is 235 Å². The minimum atomic E-state index is 0.905. The number of aromatic nitrogens is 1. The van der Waals surface area contributed by atoms with Crippen molar-refractivity contribution in [2.75, 3.05) is 4.90 Å². The summed E-state index contributed by atoms with van der Waals surface area (Å²) in [6.45, 7) is 0. The Morgan fingerprint density at radius 2 is 0.902 bits per heavy atom. The minimum absolute atomic E-state index is 0.905. The predicted molar refractivity (Wildman–Crippen MR) is 257 cm³/mol. The van der Waals surface area contributed by atoms with Crippen molar-refractivity contribution in [2.45, 2.75) is 0 Å². The van der Waals surface area contributed by atoms with Gasteiger partial charge in [0, 0.05) is 49.4 Å². The molecule has 0 bridgehead atoms. The lowest BCUT2D eigenvalue weighted by Crippen LogP contribution is -2.10. The number of fused-ring (bicyclic) bond motifs is 7. The van der Waals surface area contributed by atoms with Gasteiger partial charge in [0.05, 0.1) is 22.4 Å². The van der Waals surface area contributed by atoms with Gasteiger partial charge in [-0.05, 0) is 82.2 Å². The molecule has 0 saturated carbocycles. The van der Waals surface area contributed by atoms with Gasteiger partial charge in [-0.15, -0.1) is 0 Å². The van der Waals surface area contributed by atoms with Gasteiger partial charge in [0.2, 0.25) is 0 Å². The van der Waals surface area contributed by atoms with Crippen molar-refractivity contribution in [3.8, 4) is 39.1 Å². The van der Waals surface area contributed by atoms with Crippen LogP contribution < -0.4 is 4.90 Å². The van der Waals surface area contributed by atoms with Crippen molar-refractivity contribution in [3.05, 3.63) is 231 Å². The van der Waals surface area contributed by atoms with Gasteiger partial charge in [0.1, 0.15) is 11.2 Å². The van der Waals surface area contributed by atoms with Gasteiger partial charge in [0.25, 0.3) is 0 Å². The average Bonchev–Trinajstić information content (AvgIpc) is 3.88. The number of benzene rings is 10. The van der Waals surface area contributed by atoms with Crippen LogP contribution in [0.1, 0.15) is 0 Å². The van der Waals surface area contributed by atoms with E-state index in [4.69, 9.17) is 4.42 Å². The Kier molecular flexibility index (Phi) is 8.17. The number of nitrogens with zero attached hydrogens (tertiary/aromatic N) is 2. The fourth-order valence-electron chi connectivity index (χ4n) is 9.36. The number of anilines is 3. The predicted octanol–water partition coefficient (Wildman–Crippen LogP) is 16.3. The summed E-state index contributed by atoms with van der Waals surface area (Å²) in [6.07, 6.45) is 0. The van der Waals surface area contributed by atoms with Crippen molar-refractivity contribution in [1.29, 1.82) is 0 Å². The highest BCUT2D eigenvalue weighted by Gasteiger charge is 2.19. The van der Waals surface area contributed by atoms with E-state index in [1.165, 1.54) is 49.4 Å². The molecule has 0 amide bonds. The van der Waals surface area contributed by atoms with Crippen LogP contribution in [0.4, 0.5) is 17.1 Å². The lowest BCUT2D eigenvalue weighted by molar-refractivity contribution is 0.670. The maximum absolute atomic E-state index is 6.43. The van der Waals surface area contributed by atoms with Gasteiger partial charge in [-0.3, -0.25) is 0 Å². The topological polar surface area (TPSA) is 21.3 Å². The zero-order chi connectivity index (χ0) is 40.3. The van der Waals surface area contributed by atoms with Gasteiger partial charge < -0.3 is 13.9 Å². The van der Waals surface area contributed by atoms with E-state index >= 15 is 0 Å². The lowest BCUT2D eigenvalue weighted by Gasteiger charge is -2.27. The van der Waals surface area contributed by atoms with Crippen LogP contribution >= 0.6 is 0 Å². The maximum Gasteiger partial charge on any atom is 0.143 e. The Morgan fingerprint density at radius 1 is 0.344 bits per heavy atom. The minimum Gasteiger partial charge on any atom is -0.455 e. The second-order valence-electron chi connectivity index (χ2n) is 15.7. The van der Waals surface area contributed by atoms with Gasteiger partial charge in [-0.25, -0.2) is 0 Å². The summed E-state index contributed by atoms with van der Waals surface area (Å²) in [4.78, 5) is 2.38. The number of para-hydroxylation sites is 5. The van der Waals surface area contributed by atoms with Crippen molar-refractivity contribution >= 4 is 71.6 Å². The maximum atomic E-state index is 6.43. The normalized spacial score (nSPS) is 11.6.